The number of nitrogens with one attached hydrogen (secondary N) is 2. The van der Waals surface area contributed by atoms with Crippen LogP contribution < -0.4 is 23.8 Å². The molecule has 3 aromatic rings. The van der Waals surface area contributed by atoms with Crippen LogP contribution in [0.2, 0.25) is 0 Å². The van der Waals surface area contributed by atoms with Gasteiger partial charge in [-0.15, -0.1) is 0 Å². The minimum Gasteiger partial charge on any atom is -0.454 e. The average molecular weight is 532 g/mol. The van der Waals surface area contributed by atoms with Crippen LogP contribution in [0.3, 0.4) is 0 Å². The van der Waals surface area contributed by atoms with E-state index in [2.05, 4.69) is 10.0 Å². The van der Waals surface area contributed by atoms with Crippen LogP contribution in [0.1, 0.15) is 12.5 Å². The molecule has 1 amide bonds. The van der Waals surface area contributed by atoms with Gasteiger partial charge < -0.3 is 14.8 Å². The van der Waals surface area contributed by atoms with E-state index in [1.54, 1.807) is 30.3 Å². The van der Waals surface area contributed by atoms with Crippen molar-refractivity contribution in [3.05, 3.63) is 72.3 Å². The van der Waals surface area contributed by atoms with Crippen LogP contribution in [-0.4, -0.2) is 41.8 Å². The number of ether oxygens (including phenoxy) is 2. The molecule has 4 rings (SSSR count). The molecule has 0 spiro atoms. The Morgan fingerprint density at radius 1 is 0.889 bits per heavy atom. The summed E-state index contributed by atoms with van der Waals surface area (Å²) in [5.74, 6) is 0.0669. The third-order valence-electron chi connectivity index (χ3n) is 5.38. The number of carbonyl (C=O) groups is 1. The number of carbonyl (C=O) groups excluding carboxylic acids is 1. The number of hydrogen-bond donors (Lipinski definition) is 2. The van der Waals surface area contributed by atoms with E-state index in [4.69, 9.17) is 9.47 Å². The summed E-state index contributed by atoms with van der Waals surface area (Å²) in [7, 11) is -7.61. The third-order valence-corrected chi connectivity index (χ3v) is 8.52. The maximum absolute atomic E-state index is 12.7. The van der Waals surface area contributed by atoms with E-state index in [9.17, 15) is 21.6 Å². The summed E-state index contributed by atoms with van der Waals surface area (Å²) in [5, 5.41) is 2.61. The van der Waals surface area contributed by atoms with Crippen molar-refractivity contribution in [2.24, 2.45) is 0 Å². The molecular weight excluding hydrogens is 506 g/mol. The molecule has 0 aromatic heterocycles. The summed E-state index contributed by atoms with van der Waals surface area (Å²) >= 11 is 0. The van der Waals surface area contributed by atoms with Gasteiger partial charge in [0.15, 0.2) is 11.5 Å². The second kappa shape index (κ2) is 10.1. The Balaban J connectivity index is 1.46. The zero-order valence-corrected chi connectivity index (χ0v) is 21.2. The number of amides is 1. The Kier molecular flexibility index (Phi) is 7.09. The Hall–Kier alpha value is -3.77. The Bertz CT molecular complexity index is 1470. The molecule has 1 aliphatic rings. The highest BCUT2D eigenvalue weighted by molar-refractivity contribution is 7.93. The normalized spacial score (nSPS) is 12.7. The number of aryl methyl sites for hydroxylation is 1. The maximum Gasteiger partial charge on any atom is 0.261 e. The average Bonchev–Trinajstić information content (AvgIpc) is 3.32. The molecule has 0 saturated carbocycles. The van der Waals surface area contributed by atoms with Gasteiger partial charge in [-0.3, -0.25) is 13.8 Å². The number of rotatable bonds is 9. The van der Waals surface area contributed by atoms with Gasteiger partial charge in [0.05, 0.1) is 16.3 Å². The number of anilines is 3. The lowest BCUT2D eigenvalue weighted by Crippen LogP contribution is -2.39. The van der Waals surface area contributed by atoms with Gasteiger partial charge in [-0.25, -0.2) is 16.8 Å². The summed E-state index contributed by atoms with van der Waals surface area (Å²) in [6, 6.07) is 17.1. The predicted octanol–water partition coefficient (Wildman–Crippen LogP) is 3.32. The lowest BCUT2D eigenvalue weighted by atomic mass is 10.2. The van der Waals surface area contributed by atoms with Gasteiger partial charge in [-0.1, -0.05) is 17.7 Å². The molecule has 0 fully saturated rings. The SMILES string of the molecule is CCS(=O)(=O)N(CC(=O)Nc1ccc(S(=O)(=O)Nc2ccc(C)cc2)cc1)c1ccc2c(c1)OCO2. The van der Waals surface area contributed by atoms with Gasteiger partial charge in [0, 0.05) is 17.4 Å². The largest absolute Gasteiger partial charge is 0.454 e. The van der Waals surface area contributed by atoms with Crippen molar-refractivity contribution < 1.29 is 31.1 Å². The standard InChI is InChI=1S/C24H25N3O7S2/c1-3-35(29,30)27(20-10-13-22-23(14-20)34-16-33-22)15-24(28)25-18-8-11-21(12-9-18)36(31,32)26-19-6-4-17(2)5-7-19/h4-14,26H,3,15-16H2,1-2H3,(H,25,28). The number of hydrogen-bond acceptors (Lipinski definition) is 7. The summed E-state index contributed by atoms with van der Waals surface area (Å²) < 4.78 is 64.8. The first-order valence-corrected chi connectivity index (χ1v) is 14.1. The molecule has 0 atom stereocenters. The van der Waals surface area contributed by atoms with Crippen LogP contribution in [-0.2, 0) is 24.8 Å². The molecule has 190 valence electrons. The third kappa shape index (κ3) is 5.71. The van der Waals surface area contributed by atoms with Crippen LogP contribution in [0.15, 0.2) is 71.6 Å². The first-order chi connectivity index (χ1) is 17.1. The van der Waals surface area contributed by atoms with Crippen LogP contribution in [0, 0.1) is 6.92 Å². The number of nitrogens with zero attached hydrogens (tertiary/aromatic N) is 1. The van der Waals surface area contributed by atoms with E-state index in [1.165, 1.54) is 43.3 Å². The molecule has 3 aromatic carbocycles. The highest BCUT2D eigenvalue weighted by Crippen LogP contribution is 2.36. The molecule has 0 radical (unpaired) electrons. The quantitative estimate of drug-likeness (QED) is 0.433. The summed E-state index contributed by atoms with van der Waals surface area (Å²) in [5.41, 5.74) is 2.01. The summed E-state index contributed by atoms with van der Waals surface area (Å²) in [4.78, 5) is 12.8. The zero-order chi connectivity index (χ0) is 25.9. The molecule has 10 nitrogen and oxygen atoms in total. The van der Waals surface area contributed by atoms with Crippen molar-refractivity contribution >= 4 is 43.0 Å². The van der Waals surface area contributed by atoms with E-state index < -0.39 is 32.5 Å². The first-order valence-electron chi connectivity index (χ1n) is 11.0. The van der Waals surface area contributed by atoms with Crippen molar-refractivity contribution in [3.63, 3.8) is 0 Å². The molecule has 0 unspecified atom stereocenters. The van der Waals surface area contributed by atoms with Crippen LogP contribution in [0.25, 0.3) is 0 Å². The minimum absolute atomic E-state index is 0.0108. The fraction of sp³-hybridized carbons (Fsp3) is 0.208. The lowest BCUT2D eigenvalue weighted by Gasteiger charge is -2.23. The molecule has 1 heterocycles. The number of sulfonamides is 2. The topological polar surface area (TPSA) is 131 Å². The van der Waals surface area contributed by atoms with Gasteiger partial charge >= 0.3 is 0 Å². The van der Waals surface area contributed by atoms with Gasteiger partial charge in [0.1, 0.15) is 6.54 Å². The molecule has 0 bridgehead atoms. The van der Waals surface area contributed by atoms with E-state index >= 15 is 0 Å². The van der Waals surface area contributed by atoms with Crippen molar-refractivity contribution in [2.75, 3.05) is 33.4 Å². The highest BCUT2D eigenvalue weighted by atomic mass is 32.2. The second-order valence-electron chi connectivity index (χ2n) is 7.99. The van der Waals surface area contributed by atoms with Crippen LogP contribution in [0.4, 0.5) is 17.1 Å². The zero-order valence-electron chi connectivity index (χ0n) is 19.6. The van der Waals surface area contributed by atoms with Crippen molar-refractivity contribution in [1.29, 1.82) is 0 Å². The predicted molar refractivity (Wildman–Crippen MR) is 136 cm³/mol. The summed E-state index contributed by atoms with van der Waals surface area (Å²) in [6.07, 6.45) is 0. The van der Waals surface area contributed by atoms with Crippen LogP contribution >= 0.6 is 0 Å². The minimum atomic E-state index is -3.83. The fourth-order valence-electron chi connectivity index (χ4n) is 3.43. The van der Waals surface area contributed by atoms with E-state index in [0.29, 0.717) is 22.9 Å². The highest BCUT2D eigenvalue weighted by Gasteiger charge is 2.26. The molecule has 2 N–H and O–H groups in total. The smallest absolute Gasteiger partial charge is 0.261 e. The maximum atomic E-state index is 12.7. The Labute approximate surface area is 209 Å². The van der Waals surface area contributed by atoms with E-state index in [0.717, 1.165) is 9.87 Å². The van der Waals surface area contributed by atoms with Gasteiger partial charge in [-0.2, -0.15) is 0 Å². The fourth-order valence-corrected chi connectivity index (χ4v) is 5.55. The number of fused-ring (bicyclic) bond motifs is 1. The van der Waals surface area contributed by atoms with Gasteiger partial charge in [-0.05, 0) is 62.4 Å². The molecule has 0 aliphatic carbocycles. The molecule has 12 heteroatoms. The van der Waals surface area contributed by atoms with Gasteiger partial charge in [0.25, 0.3) is 10.0 Å². The van der Waals surface area contributed by atoms with Crippen molar-refractivity contribution in [3.8, 4) is 11.5 Å². The monoisotopic (exact) mass is 531 g/mol. The van der Waals surface area contributed by atoms with Crippen LogP contribution in [0.5, 0.6) is 11.5 Å². The van der Waals surface area contributed by atoms with E-state index in [-0.39, 0.29) is 23.1 Å². The number of benzene rings is 3. The van der Waals surface area contributed by atoms with Crippen molar-refractivity contribution in [2.45, 2.75) is 18.7 Å². The van der Waals surface area contributed by atoms with Crippen molar-refractivity contribution in [1.82, 2.24) is 0 Å². The molecular formula is C24H25N3O7S2. The Morgan fingerprint density at radius 2 is 1.53 bits per heavy atom. The molecule has 0 saturated heterocycles. The molecule has 1 aliphatic heterocycles. The van der Waals surface area contributed by atoms with Gasteiger partial charge in [0.2, 0.25) is 22.7 Å². The Morgan fingerprint density at radius 3 is 2.19 bits per heavy atom. The summed E-state index contributed by atoms with van der Waals surface area (Å²) in [6.45, 7) is 2.94. The van der Waals surface area contributed by atoms with E-state index in [1.807, 2.05) is 6.92 Å². The molecule has 36 heavy (non-hydrogen) atoms. The second-order valence-corrected chi connectivity index (χ2v) is 11.9. The first kappa shape index (κ1) is 25.3. The lowest BCUT2D eigenvalue weighted by molar-refractivity contribution is -0.114.